The van der Waals surface area contributed by atoms with Crippen molar-refractivity contribution in [3.05, 3.63) is 53.1 Å². The van der Waals surface area contributed by atoms with E-state index < -0.39 is 11.6 Å². The maximum atomic E-state index is 13.6. The molecule has 0 saturated carbocycles. The molecule has 0 fully saturated rings. The van der Waals surface area contributed by atoms with Gasteiger partial charge in [0.15, 0.2) is 0 Å². The minimum absolute atomic E-state index is 0.0768. The molecule has 2 heterocycles. The summed E-state index contributed by atoms with van der Waals surface area (Å²) >= 11 is 0. The number of aromatic nitrogens is 2. The van der Waals surface area contributed by atoms with Crippen LogP contribution in [0.5, 0.6) is 0 Å². The summed E-state index contributed by atoms with van der Waals surface area (Å²) in [7, 11) is 0. The molecule has 0 aliphatic carbocycles. The third-order valence-electron chi connectivity index (χ3n) is 4.10. The molecular weight excluding hydrogens is 314 g/mol. The molecule has 1 N–H and O–H groups in total. The lowest BCUT2D eigenvalue weighted by atomic mass is 10.2. The lowest BCUT2D eigenvalue weighted by molar-refractivity contribution is 0.0945. The van der Waals surface area contributed by atoms with Crippen LogP contribution in [-0.2, 0) is 19.6 Å². The van der Waals surface area contributed by atoms with E-state index in [1.807, 2.05) is 4.57 Å². The Morgan fingerprint density at radius 2 is 2.17 bits per heavy atom. The van der Waals surface area contributed by atoms with Crippen LogP contribution in [0.4, 0.5) is 8.78 Å². The molecular formula is C17H20F2N4O. The largest absolute Gasteiger partial charge is 0.346 e. The molecule has 0 unspecified atom stereocenters. The summed E-state index contributed by atoms with van der Waals surface area (Å²) in [6.45, 7) is 5.52. The maximum Gasteiger partial charge on any atom is 0.271 e. The summed E-state index contributed by atoms with van der Waals surface area (Å²) in [5, 5.41) is 2.59. The van der Waals surface area contributed by atoms with Gasteiger partial charge in [0.1, 0.15) is 23.2 Å². The molecule has 1 aromatic carbocycles. The summed E-state index contributed by atoms with van der Waals surface area (Å²) < 4.78 is 28.7. The van der Waals surface area contributed by atoms with Crippen molar-refractivity contribution < 1.29 is 13.6 Å². The Hall–Kier alpha value is -2.28. The molecule has 7 heteroatoms. The van der Waals surface area contributed by atoms with Crippen molar-refractivity contribution in [2.24, 2.45) is 0 Å². The van der Waals surface area contributed by atoms with Gasteiger partial charge in [0, 0.05) is 31.4 Å². The van der Waals surface area contributed by atoms with Crippen molar-refractivity contribution in [2.75, 3.05) is 13.1 Å². The van der Waals surface area contributed by atoms with Gasteiger partial charge < -0.3 is 9.88 Å². The first-order valence-electron chi connectivity index (χ1n) is 8.07. The van der Waals surface area contributed by atoms with Gasteiger partial charge in [0.25, 0.3) is 5.91 Å². The van der Waals surface area contributed by atoms with Crippen molar-refractivity contribution in [2.45, 2.75) is 33.0 Å². The number of halogens is 2. The summed E-state index contributed by atoms with van der Waals surface area (Å²) in [5.41, 5.74) is 0.418. The van der Waals surface area contributed by atoms with Crippen molar-refractivity contribution in [3.8, 4) is 0 Å². The SMILES string of the molecule is CCCN1CCn2cc(C(=O)NCc3cc(F)ccc3F)nc2C1. The maximum absolute atomic E-state index is 13.6. The Morgan fingerprint density at radius 3 is 2.96 bits per heavy atom. The van der Waals surface area contributed by atoms with Gasteiger partial charge in [-0.1, -0.05) is 6.92 Å². The average Bonchev–Trinajstić information content (AvgIpc) is 2.99. The third kappa shape index (κ3) is 3.62. The molecule has 1 amide bonds. The standard InChI is InChI=1S/C17H20F2N4O/c1-2-5-22-6-7-23-10-15(21-16(23)11-22)17(24)20-9-12-8-13(18)3-4-14(12)19/h3-4,8,10H,2,5-7,9,11H2,1H3,(H,20,24). The number of nitrogens with one attached hydrogen (secondary N) is 1. The van der Waals surface area contributed by atoms with Gasteiger partial charge in [-0.2, -0.15) is 0 Å². The Labute approximate surface area is 139 Å². The zero-order valence-corrected chi connectivity index (χ0v) is 13.6. The van der Waals surface area contributed by atoms with E-state index in [4.69, 9.17) is 0 Å². The zero-order chi connectivity index (χ0) is 17.1. The number of hydrogen-bond donors (Lipinski definition) is 1. The van der Waals surface area contributed by atoms with E-state index in [-0.39, 0.29) is 18.0 Å². The predicted molar refractivity (Wildman–Crippen MR) is 85.3 cm³/mol. The fourth-order valence-electron chi connectivity index (χ4n) is 2.86. The second-order valence-corrected chi connectivity index (χ2v) is 5.93. The molecule has 0 bridgehead atoms. The first-order chi connectivity index (χ1) is 11.6. The first-order valence-corrected chi connectivity index (χ1v) is 8.07. The van der Waals surface area contributed by atoms with Crippen LogP contribution in [0.25, 0.3) is 0 Å². The highest BCUT2D eigenvalue weighted by molar-refractivity contribution is 5.92. The number of nitrogens with zero attached hydrogens (tertiary/aromatic N) is 3. The van der Waals surface area contributed by atoms with Crippen LogP contribution in [0.3, 0.4) is 0 Å². The highest BCUT2D eigenvalue weighted by Crippen LogP contribution is 2.14. The molecule has 1 aromatic heterocycles. The quantitative estimate of drug-likeness (QED) is 0.913. The second kappa shape index (κ2) is 7.09. The van der Waals surface area contributed by atoms with Crippen molar-refractivity contribution in [1.29, 1.82) is 0 Å². The fraction of sp³-hybridized carbons (Fsp3) is 0.412. The van der Waals surface area contributed by atoms with Gasteiger partial charge in [-0.3, -0.25) is 9.69 Å². The van der Waals surface area contributed by atoms with Gasteiger partial charge in [-0.15, -0.1) is 0 Å². The molecule has 2 aromatic rings. The van der Waals surface area contributed by atoms with Gasteiger partial charge in [-0.05, 0) is 31.2 Å². The minimum atomic E-state index is -0.545. The van der Waals surface area contributed by atoms with E-state index in [0.717, 1.165) is 56.6 Å². The smallest absolute Gasteiger partial charge is 0.271 e. The monoisotopic (exact) mass is 334 g/mol. The Morgan fingerprint density at radius 1 is 1.33 bits per heavy atom. The minimum Gasteiger partial charge on any atom is -0.346 e. The third-order valence-corrected chi connectivity index (χ3v) is 4.10. The van der Waals surface area contributed by atoms with Gasteiger partial charge in [-0.25, -0.2) is 13.8 Å². The van der Waals surface area contributed by atoms with Crippen molar-refractivity contribution >= 4 is 5.91 Å². The molecule has 5 nitrogen and oxygen atoms in total. The van der Waals surface area contributed by atoms with Crippen LogP contribution < -0.4 is 5.32 Å². The van der Waals surface area contributed by atoms with E-state index in [1.54, 1.807) is 6.20 Å². The van der Waals surface area contributed by atoms with Gasteiger partial charge in [0.2, 0.25) is 0 Å². The number of amides is 1. The molecule has 1 aliphatic heterocycles. The summed E-state index contributed by atoms with van der Waals surface area (Å²) in [4.78, 5) is 18.9. The van der Waals surface area contributed by atoms with Crippen molar-refractivity contribution in [1.82, 2.24) is 19.8 Å². The van der Waals surface area contributed by atoms with E-state index >= 15 is 0 Å². The predicted octanol–water partition coefficient (Wildman–Crippen LogP) is 2.32. The molecule has 128 valence electrons. The summed E-state index contributed by atoms with van der Waals surface area (Å²) in [6.07, 6.45) is 2.79. The number of carbonyl (C=O) groups excluding carboxylic acids is 1. The van der Waals surface area contributed by atoms with E-state index in [9.17, 15) is 13.6 Å². The second-order valence-electron chi connectivity index (χ2n) is 5.93. The average molecular weight is 334 g/mol. The van der Waals surface area contributed by atoms with E-state index in [1.165, 1.54) is 0 Å². The molecule has 3 rings (SSSR count). The molecule has 0 atom stereocenters. The number of hydrogen-bond acceptors (Lipinski definition) is 3. The normalized spacial score (nSPS) is 14.5. The van der Waals surface area contributed by atoms with Crippen LogP contribution in [0.2, 0.25) is 0 Å². The number of benzene rings is 1. The molecule has 24 heavy (non-hydrogen) atoms. The lowest BCUT2D eigenvalue weighted by Crippen LogP contribution is -2.34. The Balaban J connectivity index is 1.65. The molecule has 0 spiro atoms. The molecule has 1 aliphatic rings. The number of rotatable bonds is 5. The Bertz CT molecular complexity index is 744. The van der Waals surface area contributed by atoms with E-state index in [0.29, 0.717) is 5.69 Å². The van der Waals surface area contributed by atoms with Crippen LogP contribution >= 0.6 is 0 Å². The van der Waals surface area contributed by atoms with Gasteiger partial charge >= 0.3 is 0 Å². The first kappa shape index (κ1) is 16.6. The lowest BCUT2D eigenvalue weighted by Gasteiger charge is -2.26. The van der Waals surface area contributed by atoms with Crippen molar-refractivity contribution in [3.63, 3.8) is 0 Å². The molecule has 0 radical (unpaired) electrons. The van der Waals surface area contributed by atoms with Crippen LogP contribution in [0.1, 0.15) is 35.2 Å². The van der Waals surface area contributed by atoms with Crippen LogP contribution in [0.15, 0.2) is 24.4 Å². The van der Waals surface area contributed by atoms with E-state index in [2.05, 4.69) is 22.1 Å². The summed E-state index contributed by atoms with van der Waals surface area (Å²) in [6, 6.07) is 3.18. The molecule has 0 saturated heterocycles. The van der Waals surface area contributed by atoms with Gasteiger partial charge in [0.05, 0.1) is 6.54 Å². The highest BCUT2D eigenvalue weighted by Gasteiger charge is 2.20. The summed E-state index contributed by atoms with van der Waals surface area (Å²) in [5.74, 6) is -0.607. The number of fused-ring (bicyclic) bond motifs is 1. The number of imidazole rings is 1. The number of carbonyl (C=O) groups is 1. The van der Waals surface area contributed by atoms with Crippen LogP contribution in [-0.4, -0.2) is 33.4 Å². The fourth-order valence-corrected chi connectivity index (χ4v) is 2.86. The topological polar surface area (TPSA) is 50.2 Å². The highest BCUT2D eigenvalue weighted by atomic mass is 19.1. The zero-order valence-electron chi connectivity index (χ0n) is 13.6. The Kier molecular flexibility index (Phi) is 4.89. The van der Waals surface area contributed by atoms with Crippen LogP contribution in [0, 0.1) is 11.6 Å².